The van der Waals surface area contributed by atoms with Gasteiger partial charge in [-0.25, -0.2) is 0 Å². The van der Waals surface area contributed by atoms with Crippen LogP contribution in [0.1, 0.15) is 18.4 Å². The van der Waals surface area contributed by atoms with Crippen LogP contribution in [0.2, 0.25) is 0 Å². The zero-order valence-corrected chi connectivity index (χ0v) is 13.6. The zero-order valence-electron chi connectivity index (χ0n) is 12.8. The molecule has 0 atom stereocenters. The van der Waals surface area contributed by atoms with Crippen molar-refractivity contribution in [2.45, 2.75) is 24.7 Å². The normalized spacial score (nSPS) is 14.1. The molecular weight excluding hydrogens is 296 g/mol. The number of pyridine rings is 1. The highest BCUT2D eigenvalue weighted by Crippen LogP contribution is 2.34. The van der Waals surface area contributed by atoms with E-state index in [9.17, 15) is 9.35 Å². The summed E-state index contributed by atoms with van der Waals surface area (Å²) in [5, 5.41) is 3.50. The molecule has 0 saturated heterocycles. The van der Waals surface area contributed by atoms with Gasteiger partial charge in [0.05, 0.1) is 0 Å². The van der Waals surface area contributed by atoms with Crippen molar-refractivity contribution in [1.82, 2.24) is 4.57 Å². The van der Waals surface area contributed by atoms with E-state index < -0.39 is 0 Å². The monoisotopic (exact) mass is 316 g/mol. The first kappa shape index (κ1) is 15.2. The predicted octanol–water partition coefficient (Wildman–Crippen LogP) is 3.75. The number of rotatable bonds is 5. The smallest absolute Gasteiger partial charge is 0.253 e. The molecule has 22 heavy (non-hydrogen) atoms. The fourth-order valence-corrected chi connectivity index (χ4v) is 2.87. The molecule has 0 radical (unpaired) electrons. The van der Waals surface area contributed by atoms with E-state index in [1.165, 1.54) is 12.8 Å². The molecule has 1 aliphatic carbocycles. The van der Waals surface area contributed by atoms with Crippen LogP contribution in [0.15, 0.2) is 40.2 Å². The summed E-state index contributed by atoms with van der Waals surface area (Å²) in [6.07, 6.45) is 4.44. The maximum atomic E-state index is 11.9. The average Bonchev–Trinajstić information content (AvgIpc) is 3.34. The van der Waals surface area contributed by atoms with Crippen LogP contribution < -0.4 is 10.9 Å². The van der Waals surface area contributed by atoms with Gasteiger partial charge in [-0.05, 0) is 49.9 Å². The summed E-state index contributed by atoms with van der Waals surface area (Å²) in [5.41, 5.74) is 3.77. The number of nitrogens with one attached hydrogen (secondary N) is 1. The topological polar surface area (TPSA) is 54.3 Å². The van der Waals surface area contributed by atoms with Crippen LogP contribution in [0.25, 0.3) is 11.1 Å². The number of aromatic nitrogens is 1. The molecule has 0 spiro atoms. The highest BCUT2D eigenvalue weighted by molar-refractivity contribution is 7.93. The lowest BCUT2D eigenvalue weighted by atomic mass is 10.0. The Balaban J connectivity index is 2.03. The number of aryl methyl sites for hydroxylation is 2. The Hall–Kier alpha value is -1.72. The number of anilines is 1. The van der Waals surface area contributed by atoms with Gasteiger partial charge in [0.25, 0.3) is 5.56 Å². The molecule has 0 bridgehead atoms. The van der Waals surface area contributed by atoms with Crippen LogP contribution in [0, 0.1) is 12.8 Å². The van der Waals surface area contributed by atoms with Gasteiger partial charge in [0.15, 0.2) is 0 Å². The second-order valence-electron chi connectivity index (χ2n) is 5.95. The molecule has 2 aromatic rings. The second kappa shape index (κ2) is 6.18. The van der Waals surface area contributed by atoms with Crippen molar-refractivity contribution in [2.24, 2.45) is 13.0 Å². The van der Waals surface area contributed by atoms with Gasteiger partial charge in [0.1, 0.15) is 0 Å². The molecule has 1 saturated carbocycles. The molecule has 1 aromatic carbocycles. The van der Waals surface area contributed by atoms with Gasteiger partial charge in [-0.15, -0.1) is 0 Å². The van der Waals surface area contributed by atoms with E-state index in [1.807, 2.05) is 37.4 Å². The Labute approximate surface area is 134 Å². The summed E-state index contributed by atoms with van der Waals surface area (Å²) in [7, 11) is 1.76. The van der Waals surface area contributed by atoms with E-state index in [-0.39, 0.29) is 5.56 Å². The molecule has 5 heteroatoms. The average molecular weight is 316 g/mol. The fourth-order valence-electron chi connectivity index (χ4n) is 2.57. The molecule has 0 unspecified atom stereocenters. The van der Waals surface area contributed by atoms with Crippen LogP contribution >= 0.6 is 12.0 Å². The molecule has 2 N–H and O–H groups in total. The third-order valence-electron chi connectivity index (χ3n) is 4.05. The Morgan fingerprint density at radius 2 is 2.14 bits per heavy atom. The zero-order chi connectivity index (χ0) is 15.7. The minimum atomic E-state index is 0.0175. The lowest BCUT2D eigenvalue weighted by molar-refractivity contribution is 0.664. The third kappa shape index (κ3) is 3.20. The standard InChI is InChI=1S/C17H20N2O2S/c1-11-7-13(10-19(2)17(11)20)15-8-14(22-21)5-6-16(15)18-9-12-3-4-12/h5-8,10,12,18,21H,3-4,9H2,1-2H3. The SMILES string of the molecule is Cc1cc(-c2cc(SO)ccc2NCC2CC2)cn(C)c1=O. The van der Waals surface area contributed by atoms with E-state index in [1.54, 1.807) is 11.6 Å². The van der Waals surface area contributed by atoms with Crippen LogP contribution in [0.3, 0.4) is 0 Å². The van der Waals surface area contributed by atoms with Crippen LogP contribution in [0.4, 0.5) is 5.69 Å². The van der Waals surface area contributed by atoms with Crippen molar-refractivity contribution in [3.8, 4) is 11.1 Å². The number of benzene rings is 1. The van der Waals surface area contributed by atoms with E-state index in [2.05, 4.69) is 5.32 Å². The molecule has 1 fully saturated rings. The van der Waals surface area contributed by atoms with Gasteiger partial charge in [0.2, 0.25) is 0 Å². The van der Waals surface area contributed by atoms with Gasteiger partial charge >= 0.3 is 0 Å². The van der Waals surface area contributed by atoms with Crippen LogP contribution in [-0.2, 0) is 7.05 Å². The first-order chi connectivity index (χ1) is 10.6. The Bertz CT molecular complexity index is 725. The summed E-state index contributed by atoms with van der Waals surface area (Å²) in [4.78, 5) is 12.7. The minimum absolute atomic E-state index is 0.0175. The van der Waals surface area contributed by atoms with Crippen molar-refractivity contribution in [3.63, 3.8) is 0 Å². The molecule has 0 amide bonds. The maximum Gasteiger partial charge on any atom is 0.253 e. The van der Waals surface area contributed by atoms with Gasteiger partial charge in [-0.3, -0.25) is 4.79 Å². The van der Waals surface area contributed by atoms with E-state index >= 15 is 0 Å². The summed E-state index contributed by atoms with van der Waals surface area (Å²) in [6.45, 7) is 2.80. The van der Waals surface area contributed by atoms with Crippen molar-refractivity contribution < 1.29 is 4.55 Å². The number of hydrogen-bond acceptors (Lipinski definition) is 4. The lowest BCUT2D eigenvalue weighted by Crippen LogP contribution is -2.18. The summed E-state index contributed by atoms with van der Waals surface area (Å²) in [5.74, 6) is 0.779. The largest absolute Gasteiger partial charge is 0.384 e. The second-order valence-corrected chi connectivity index (χ2v) is 6.60. The van der Waals surface area contributed by atoms with E-state index in [0.29, 0.717) is 0 Å². The quantitative estimate of drug-likeness (QED) is 0.825. The third-order valence-corrected chi connectivity index (χ3v) is 4.51. The highest BCUT2D eigenvalue weighted by Gasteiger charge is 2.21. The van der Waals surface area contributed by atoms with Gasteiger partial charge < -0.3 is 14.4 Å². The Kier molecular flexibility index (Phi) is 4.27. The van der Waals surface area contributed by atoms with Crippen LogP contribution in [0.5, 0.6) is 0 Å². The molecular formula is C17H20N2O2S. The first-order valence-corrected chi connectivity index (χ1v) is 8.23. The molecule has 0 aliphatic heterocycles. The number of nitrogens with zero attached hydrogens (tertiary/aromatic N) is 1. The summed E-state index contributed by atoms with van der Waals surface area (Å²) < 4.78 is 10.9. The van der Waals surface area contributed by atoms with E-state index in [4.69, 9.17) is 0 Å². The van der Waals surface area contributed by atoms with Gasteiger partial charge in [-0.1, -0.05) is 0 Å². The first-order valence-electron chi connectivity index (χ1n) is 7.45. The summed E-state index contributed by atoms with van der Waals surface area (Å²) in [6, 6.07) is 7.76. The van der Waals surface area contributed by atoms with Crippen molar-refractivity contribution >= 4 is 17.7 Å². The number of hydrogen-bond donors (Lipinski definition) is 2. The van der Waals surface area contributed by atoms with E-state index in [0.717, 1.165) is 51.8 Å². The minimum Gasteiger partial charge on any atom is -0.384 e. The maximum absolute atomic E-state index is 11.9. The lowest BCUT2D eigenvalue weighted by Gasteiger charge is -2.14. The van der Waals surface area contributed by atoms with Gasteiger partial charge in [0, 0.05) is 59.1 Å². The van der Waals surface area contributed by atoms with Crippen molar-refractivity contribution in [3.05, 3.63) is 46.4 Å². The molecule has 116 valence electrons. The molecule has 1 aliphatic rings. The van der Waals surface area contributed by atoms with Crippen LogP contribution in [-0.4, -0.2) is 15.7 Å². The fraction of sp³-hybridized carbons (Fsp3) is 0.353. The molecule has 1 heterocycles. The van der Waals surface area contributed by atoms with Gasteiger partial charge in [-0.2, -0.15) is 0 Å². The highest BCUT2D eigenvalue weighted by atomic mass is 32.2. The van der Waals surface area contributed by atoms with Crippen molar-refractivity contribution in [1.29, 1.82) is 0 Å². The Morgan fingerprint density at radius 3 is 2.77 bits per heavy atom. The predicted molar refractivity (Wildman–Crippen MR) is 91.6 cm³/mol. The molecule has 1 aromatic heterocycles. The van der Waals surface area contributed by atoms with Crippen molar-refractivity contribution in [2.75, 3.05) is 11.9 Å². The summed E-state index contributed by atoms with van der Waals surface area (Å²) >= 11 is 0.738. The molecule has 3 rings (SSSR count). The molecule has 4 nitrogen and oxygen atoms in total. The Morgan fingerprint density at radius 1 is 1.36 bits per heavy atom.